The van der Waals surface area contributed by atoms with Gasteiger partial charge < -0.3 is 15.7 Å². The summed E-state index contributed by atoms with van der Waals surface area (Å²) in [5.74, 6) is 1.20. The Balaban J connectivity index is 0.00000300. The van der Waals surface area contributed by atoms with Crippen molar-refractivity contribution in [3.05, 3.63) is 57.8 Å². The normalized spacial score (nSPS) is 16.4. The van der Waals surface area contributed by atoms with Crippen molar-refractivity contribution in [2.24, 2.45) is 4.99 Å². The molecule has 1 aromatic heterocycles. The molecular formula is C22H33IN4OS. The highest BCUT2D eigenvalue weighted by atomic mass is 127. The van der Waals surface area contributed by atoms with Crippen LogP contribution >= 0.6 is 35.3 Å². The van der Waals surface area contributed by atoms with Crippen LogP contribution in [0.3, 0.4) is 0 Å². The van der Waals surface area contributed by atoms with Crippen LogP contribution < -0.4 is 10.6 Å². The van der Waals surface area contributed by atoms with Gasteiger partial charge in [-0.3, -0.25) is 9.89 Å². The summed E-state index contributed by atoms with van der Waals surface area (Å²) in [5, 5.41) is 19.3. The first kappa shape index (κ1) is 24.1. The fourth-order valence-corrected chi connectivity index (χ4v) is 4.31. The van der Waals surface area contributed by atoms with Gasteiger partial charge in [-0.1, -0.05) is 37.3 Å². The third-order valence-electron chi connectivity index (χ3n) is 5.09. The third-order valence-corrected chi connectivity index (χ3v) is 6.19. The Labute approximate surface area is 195 Å². The number of aliphatic hydroxyl groups is 1. The lowest BCUT2D eigenvalue weighted by Gasteiger charge is -2.30. The van der Waals surface area contributed by atoms with Crippen LogP contribution in [0.5, 0.6) is 0 Å². The minimum atomic E-state index is -0.463. The topological polar surface area (TPSA) is 59.9 Å². The van der Waals surface area contributed by atoms with E-state index in [4.69, 9.17) is 0 Å². The Morgan fingerprint density at radius 2 is 2.00 bits per heavy atom. The number of guanidine groups is 1. The van der Waals surface area contributed by atoms with Gasteiger partial charge in [0.15, 0.2) is 5.96 Å². The summed E-state index contributed by atoms with van der Waals surface area (Å²) in [6.45, 7) is 8.86. The number of thiophene rings is 1. The van der Waals surface area contributed by atoms with Crippen molar-refractivity contribution in [1.29, 1.82) is 0 Å². The number of hydrogen-bond donors (Lipinski definition) is 3. The van der Waals surface area contributed by atoms with Crippen LogP contribution in [-0.2, 0) is 13.0 Å². The molecular weight excluding hydrogens is 495 g/mol. The smallest absolute Gasteiger partial charge is 0.191 e. The summed E-state index contributed by atoms with van der Waals surface area (Å²) in [6.07, 6.45) is 0.590. The van der Waals surface area contributed by atoms with Crippen molar-refractivity contribution >= 4 is 41.3 Å². The SMILES string of the molecule is CCNC(=NCC(O)CN1CCc2ccccc2C1)NCC(C)c1cccs1.I. The molecule has 0 bridgehead atoms. The largest absolute Gasteiger partial charge is 0.390 e. The van der Waals surface area contributed by atoms with E-state index in [1.165, 1.54) is 16.0 Å². The van der Waals surface area contributed by atoms with E-state index in [9.17, 15) is 5.11 Å². The molecule has 0 saturated heterocycles. The minimum Gasteiger partial charge on any atom is -0.390 e. The first-order chi connectivity index (χ1) is 13.7. The van der Waals surface area contributed by atoms with Crippen molar-refractivity contribution in [2.75, 3.05) is 32.7 Å². The highest BCUT2D eigenvalue weighted by molar-refractivity contribution is 14.0. The minimum absolute atomic E-state index is 0. The van der Waals surface area contributed by atoms with Crippen LogP contribution in [0.25, 0.3) is 0 Å². The van der Waals surface area contributed by atoms with Gasteiger partial charge in [-0.25, -0.2) is 0 Å². The summed E-state index contributed by atoms with van der Waals surface area (Å²) in [6, 6.07) is 12.8. The predicted octanol–water partition coefficient (Wildman–Crippen LogP) is 3.44. The van der Waals surface area contributed by atoms with Gasteiger partial charge >= 0.3 is 0 Å². The summed E-state index contributed by atoms with van der Waals surface area (Å²) < 4.78 is 0. The molecule has 3 rings (SSSR count). The molecule has 7 heteroatoms. The van der Waals surface area contributed by atoms with Crippen LogP contribution in [0.1, 0.15) is 35.8 Å². The van der Waals surface area contributed by atoms with E-state index in [-0.39, 0.29) is 24.0 Å². The molecule has 2 aromatic rings. The Morgan fingerprint density at radius 1 is 1.21 bits per heavy atom. The summed E-state index contributed by atoms with van der Waals surface area (Å²) in [7, 11) is 0. The van der Waals surface area contributed by atoms with E-state index in [0.29, 0.717) is 19.0 Å². The zero-order chi connectivity index (χ0) is 19.8. The molecule has 1 aliphatic heterocycles. The van der Waals surface area contributed by atoms with Gasteiger partial charge in [0.2, 0.25) is 0 Å². The van der Waals surface area contributed by atoms with E-state index in [1.807, 2.05) is 0 Å². The number of fused-ring (bicyclic) bond motifs is 1. The van der Waals surface area contributed by atoms with E-state index < -0.39 is 6.10 Å². The van der Waals surface area contributed by atoms with Crippen molar-refractivity contribution in [3.8, 4) is 0 Å². The molecule has 1 aromatic carbocycles. The van der Waals surface area contributed by atoms with Gasteiger partial charge in [0.1, 0.15) is 0 Å². The Kier molecular flexibility index (Phi) is 10.4. The Bertz CT molecular complexity index is 753. The maximum atomic E-state index is 10.5. The molecule has 0 saturated carbocycles. The Morgan fingerprint density at radius 3 is 2.72 bits per heavy atom. The van der Waals surface area contributed by atoms with E-state index >= 15 is 0 Å². The van der Waals surface area contributed by atoms with Gasteiger partial charge in [-0.05, 0) is 35.9 Å². The highest BCUT2D eigenvalue weighted by Crippen LogP contribution is 2.20. The van der Waals surface area contributed by atoms with Gasteiger partial charge in [0.25, 0.3) is 0 Å². The molecule has 160 valence electrons. The molecule has 0 radical (unpaired) electrons. The number of halogens is 1. The van der Waals surface area contributed by atoms with Gasteiger partial charge in [-0.2, -0.15) is 0 Å². The first-order valence-electron chi connectivity index (χ1n) is 10.2. The molecule has 0 fully saturated rings. The van der Waals surface area contributed by atoms with Gasteiger partial charge in [-0.15, -0.1) is 35.3 Å². The number of hydrogen-bond acceptors (Lipinski definition) is 4. The second-order valence-corrected chi connectivity index (χ2v) is 8.40. The standard InChI is InChI=1S/C22H32N4OS.HI/c1-3-23-22(24-13-17(2)21-9-6-12-28-21)25-14-20(27)16-26-11-10-18-7-4-5-8-19(18)15-26;/h4-9,12,17,20,27H,3,10-11,13-16H2,1-2H3,(H2,23,24,25);1H. The van der Waals surface area contributed by atoms with Crippen molar-refractivity contribution in [1.82, 2.24) is 15.5 Å². The molecule has 5 nitrogen and oxygen atoms in total. The zero-order valence-corrected chi connectivity index (χ0v) is 20.5. The number of nitrogens with one attached hydrogen (secondary N) is 2. The predicted molar refractivity (Wildman–Crippen MR) is 134 cm³/mol. The molecule has 0 spiro atoms. The summed E-state index contributed by atoms with van der Waals surface area (Å²) >= 11 is 1.78. The van der Waals surface area contributed by atoms with E-state index in [1.54, 1.807) is 11.3 Å². The van der Waals surface area contributed by atoms with Crippen molar-refractivity contribution in [2.45, 2.75) is 38.8 Å². The quantitative estimate of drug-likeness (QED) is 0.279. The second-order valence-electron chi connectivity index (χ2n) is 7.42. The number of β-amino-alcohol motifs (C(OH)–C–C–N with tert-alkyl or cyclic N) is 1. The monoisotopic (exact) mass is 528 g/mol. The van der Waals surface area contributed by atoms with Crippen LogP contribution in [0.2, 0.25) is 0 Å². The third kappa shape index (κ3) is 7.55. The number of aliphatic hydroxyl groups excluding tert-OH is 1. The van der Waals surface area contributed by atoms with Crippen molar-refractivity contribution < 1.29 is 5.11 Å². The van der Waals surface area contributed by atoms with Crippen LogP contribution in [-0.4, -0.2) is 54.8 Å². The van der Waals surface area contributed by atoms with Gasteiger partial charge in [0, 0.05) is 43.5 Å². The molecule has 1 aliphatic rings. The Hall–Kier alpha value is -1.16. The van der Waals surface area contributed by atoms with Crippen LogP contribution in [0.15, 0.2) is 46.8 Å². The zero-order valence-electron chi connectivity index (χ0n) is 17.3. The summed E-state index contributed by atoms with van der Waals surface area (Å²) in [5.41, 5.74) is 2.81. The number of nitrogens with zero attached hydrogens (tertiary/aromatic N) is 2. The lowest BCUT2D eigenvalue weighted by Crippen LogP contribution is -2.41. The molecule has 2 atom stereocenters. The highest BCUT2D eigenvalue weighted by Gasteiger charge is 2.18. The molecule has 29 heavy (non-hydrogen) atoms. The van der Waals surface area contributed by atoms with E-state index in [0.717, 1.165) is 38.6 Å². The second kappa shape index (κ2) is 12.5. The van der Waals surface area contributed by atoms with E-state index in [2.05, 4.69) is 76.2 Å². The molecule has 2 heterocycles. The van der Waals surface area contributed by atoms with Gasteiger partial charge in [0.05, 0.1) is 12.6 Å². The molecule has 2 unspecified atom stereocenters. The maximum absolute atomic E-state index is 10.5. The number of aliphatic imine (C=N–C) groups is 1. The first-order valence-corrected chi connectivity index (χ1v) is 11.1. The lowest BCUT2D eigenvalue weighted by molar-refractivity contribution is 0.111. The molecule has 0 amide bonds. The van der Waals surface area contributed by atoms with Crippen LogP contribution in [0, 0.1) is 0 Å². The number of rotatable bonds is 8. The van der Waals surface area contributed by atoms with Crippen LogP contribution in [0.4, 0.5) is 0 Å². The molecule has 3 N–H and O–H groups in total. The average Bonchev–Trinajstić information content (AvgIpc) is 3.25. The lowest BCUT2D eigenvalue weighted by atomic mass is 10.00. The average molecular weight is 529 g/mol. The fraction of sp³-hybridized carbons (Fsp3) is 0.500. The molecule has 0 aliphatic carbocycles. The fourth-order valence-electron chi connectivity index (χ4n) is 3.53. The summed E-state index contributed by atoms with van der Waals surface area (Å²) in [4.78, 5) is 8.29. The number of benzene rings is 1. The van der Waals surface area contributed by atoms with Crippen molar-refractivity contribution in [3.63, 3.8) is 0 Å². The maximum Gasteiger partial charge on any atom is 0.191 e.